The molecule has 5 aromatic rings. The van der Waals surface area contributed by atoms with Gasteiger partial charge >= 0.3 is 0 Å². The van der Waals surface area contributed by atoms with E-state index in [1.54, 1.807) is 11.3 Å². The van der Waals surface area contributed by atoms with Crippen LogP contribution in [0.3, 0.4) is 0 Å². The average Bonchev–Trinajstić information content (AvgIpc) is 3.52. The number of pyridine rings is 2. The molecule has 6 rings (SSSR count). The molecule has 0 amide bonds. The molecule has 144 valence electrons. The highest BCUT2D eigenvalue weighted by molar-refractivity contribution is 7.13. The van der Waals surface area contributed by atoms with E-state index in [0.29, 0.717) is 11.6 Å². The van der Waals surface area contributed by atoms with E-state index in [1.165, 1.54) is 4.88 Å². The Morgan fingerprint density at radius 1 is 1.10 bits per heavy atom. The zero-order chi connectivity index (χ0) is 19.2. The highest BCUT2D eigenvalue weighted by Crippen LogP contribution is 2.33. The van der Waals surface area contributed by atoms with E-state index in [4.69, 9.17) is 4.98 Å². The number of aromatic nitrogens is 6. The van der Waals surface area contributed by atoms with Gasteiger partial charge in [0.1, 0.15) is 5.69 Å². The number of rotatable bonds is 3. The first-order chi connectivity index (χ1) is 14.4. The first-order valence-corrected chi connectivity index (χ1v) is 10.7. The maximum Gasteiger partial charge on any atom is 0.178 e. The number of imidazole rings is 1. The van der Waals surface area contributed by atoms with Crippen LogP contribution in [0.1, 0.15) is 24.5 Å². The predicted molar refractivity (Wildman–Crippen MR) is 115 cm³/mol. The molecule has 0 saturated carbocycles. The second-order valence-corrected chi connectivity index (χ2v) is 8.32. The molecule has 0 bridgehead atoms. The van der Waals surface area contributed by atoms with Crippen LogP contribution in [0.15, 0.2) is 42.0 Å². The first-order valence-electron chi connectivity index (χ1n) is 9.80. The third-order valence-corrected chi connectivity index (χ3v) is 6.53. The third kappa shape index (κ3) is 2.83. The van der Waals surface area contributed by atoms with E-state index in [1.807, 2.05) is 18.5 Å². The van der Waals surface area contributed by atoms with Crippen molar-refractivity contribution >= 4 is 33.4 Å². The van der Waals surface area contributed by atoms with Crippen molar-refractivity contribution in [2.75, 3.05) is 13.1 Å². The van der Waals surface area contributed by atoms with Crippen molar-refractivity contribution in [2.45, 2.75) is 18.8 Å². The van der Waals surface area contributed by atoms with Crippen LogP contribution in [-0.2, 0) is 0 Å². The van der Waals surface area contributed by atoms with Crippen LogP contribution >= 0.6 is 11.3 Å². The minimum absolute atomic E-state index is 0.492. The van der Waals surface area contributed by atoms with Crippen molar-refractivity contribution in [1.82, 2.24) is 35.5 Å². The zero-order valence-electron chi connectivity index (χ0n) is 15.6. The van der Waals surface area contributed by atoms with Crippen LogP contribution in [0.25, 0.3) is 44.0 Å². The number of H-pyrrole nitrogens is 2. The summed E-state index contributed by atoms with van der Waals surface area (Å²) in [6, 6.07) is 8.36. The monoisotopic (exact) mass is 401 g/mol. The van der Waals surface area contributed by atoms with E-state index < -0.39 is 0 Å². The molecule has 7 nitrogen and oxygen atoms in total. The molecular formula is C21H19N7S. The zero-order valence-corrected chi connectivity index (χ0v) is 16.5. The first kappa shape index (κ1) is 16.8. The van der Waals surface area contributed by atoms with E-state index in [-0.39, 0.29) is 0 Å². The predicted octanol–water partition coefficient (Wildman–Crippen LogP) is 4.09. The summed E-state index contributed by atoms with van der Waals surface area (Å²) in [6.45, 7) is 2.09. The lowest BCUT2D eigenvalue weighted by Crippen LogP contribution is -2.27. The van der Waals surface area contributed by atoms with Crippen molar-refractivity contribution in [3.8, 4) is 22.0 Å². The molecule has 0 radical (unpaired) electrons. The van der Waals surface area contributed by atoms with Gasteiger partial charge < -0.3 is 10.3 Å². The van der Waals surface area contributed by atoms with Crippen LogP contribution in [0.5, 0.6) is 0 Å². The minimum Gasteiger partial charge on any atom is -0.335 e. The molecule has 1 fully saturated rings. The molecule has 0 atom stereocenters. The molecule has 8 heteroatoms. The molecule has 0 aliphatic carbocycles. The van der Waals surface area contributed by atoms with Gasteiger partial charge in [0.05, 0.1) is 17.2 Å². The number of piperidine rings is 1. The van der Waals surface area contributed by atoms with Gasteiger partial charge in [0.25, 0.3) is 0 Å². The summed E-state index contributed by atoms with van der Waals surface area (Å²) in [5.74, 6) is 1.22. The molecule has 0 spiro atoms. The Kier molecular flexibility index (Phi) is 3.92. The number of hydrogen-bond donors (Lipinski definition) is 3. The van der Waals surface area contributed by atoms with E-state index >= 15 is 0 Å². The van der Waals surface area contributed by atoms with Crippen molar-refractivity contribution in [2.24, 2.45) is 0 Å². The standard InChI is InChI=1S/C21H19N7S/c1-2-17(29-9-1)13-5-8-23-20-18(13)25-21(26-20)19-14-10-15(12-3-6-22-7-4-12)24-11-16(14)27-28-19/h1-2,5,8-12,22H,3-4,6-7H2,(H,27,28)(H,23,25,26). The normalized spacial score (nSPS) is 15.4. The largest absolute Gasteiger partial charge is 0.335 e. The lowest BCUT2D eigenvalue weighted by Gasteiger charge is -2.21. The molecule has 29 heavy (non-hydrogen) atoms. The van der Waals surface area contributed by atoms with Gasteiger partial charge in [-0.15, -0.1) is 11.3 Å². The van der Waals surface area contributed by atoms with E-state index in [2.05, 4.69) is 54.0 Å². The van der Waals surface area contributed by atoms with Crippen molar-refractivity contribution in [3.05, 3.63) is 47.7 Å². The lowest BCUT2D eigenvalue weighted by atomic mass is 9.93. The van der Waals surface area contributed by atoms with Gasteiger partial charge in [-0.25, -0.2) is 9.97 Å². The fraction of sp³-hybridized carbons (Fsp3) is 0.238. The fourth-order valence-corrected chi connectivity index (χ4v) is 4.87. The summed E-state index contributed by atoms with van der Waals surface area (Å²) in [6.07, 6.45) is 5.93. The number of nitrogens with zero attached hydrogens (tertiary/aromatic N) is 4. The Balaban J connectivity index is 1.48. The Hall–Kier alpha value is -3.10. The van der Waals surface area contributed by atoms with Crippen LogP contribution in [0.4, 0.5) is 0 Å². The quantitative estimate of drug-likeness (QED) is 0.423. The molecule has 5 aromatic heterocycles. The fourth-order valence-electron chi connectivity index (χ4n) is 4.11. The highest BCUT2D eigenvalue weighted by atomic mass is 32.1. The topological polar surface area (TPSA) is 95.2 Å². The highest BCUT2D eigenvalue weighted by Gasteiger charge is 2.20. The smallest absolute Gasteiger partial charge is 0.178 e. The molecule has 3 N–H and O–H groups in total. The van der Waals surface area contributed by atoms with Crippen LogP contribution < -0.4 is 5.32 Å². The van der Waals surface area contributed by atoms with Gasteiger partial charge in [-0.3, -0.25) is 10.1 Å². The molecule has 0 unspecified atom stereocenters. The van der Waals surface area contributed by atoms with Crippen LogP contribution in [0, 0.1) is 0 Å². The molecule has 1 aliphatic rings. The molecular weight excluding hydrogens is 382 g/mol. The van der Waals surface area contributed by atoms with E-state index in [9.17, 15) is 0 Å². The molecule has 1 aliphatic heterocycles. The van der Waals surface area contributed by atoms with Gasteiger partial charge in [-0.1, -0.05) is 6.07 Å². The van der Waals surface area contributed by atoms with Gasteiger partial charge in [-0.2, -0.15) is 5.10 Å². The van der Waals surface area contributed by atoms with Crippen molar-refractivity contribution in [3.63, 3.8) is 0 Å². The summed E-state index contributed by atoms with van der Waals surface area (Å²) in [4.78, 5) is 18.5. The molecule has 0 aromatic carbocycles. The number of thiophene rings is 1. The van der Waals surface area contributed by atoms with Gasteiger partial charge in [0, 0.05) is 33.6 Å². The number of aromatic amines is 2. The Morgan fingerprint density at radius 2 is 2.03 bits per heavy atom. The maximum absolute atomic E-state index is 4.74. The van der Waals surface area contributed by atoms with Crippen molar-refractivity contribution in [1.29, 1.82) is 0 Å². The summed E-state index contributed by atoms with van der Waals surface area (Å²) in [5, 5.41) is 14.2. The van der Waals surface area contributed by atoms with Crippen molar-refractivity contribution < 1.29 is 0 Å². The van der Waals surface area contributed by atoms with Crippen LogP contribution in [-0.4, -0.2) is 43.2 Å². The molecule has 1 saturated heterocycles. The minimum atomic E-state index is 0.492. The third-order valence-electron chi connectivity index (χ3n) is 5.63. The Labute approximate surface area is 170 Å². The Morgan fingerprint density at radius 3 is 2.90 bits per heavy atom. The van der Waals surface area contributed by atoms with Gasteiger partial charge in [0.15, 0.2) is 11.5 Å². The summed E-state index contributed by atoms with van der Waals surface area (Å²) in [7, 11) is 0. The Bertz CT molecular complexity index is 1300. The summed E-state index contributed by atoms with van der Waals surface area (Å²) < 4.78 is 0. The second kappa shape index (κ2) is 6.75. The summed E-state index contributed by atoms with van der Waals surface area (Å²) >= 11 is 1.71. The van der Waals surface area contributed by atoms with Gasteiger partial charge in [-0.05, 0) is 49.5 Å². The number of nitrogens with one attached hydrogen (secondary N) is 3. The second-order valence-electron chi connectivity index (χ2n) is 7.37. The number of hydrogen-bond acceptors (Lipinski definition) is 6. The summed E-state index contributed by atoms with van der Waals surface area (Å²) in [5.41, 5.74) is 5.62. The SMILES string of the molecule is c1csc(-c2ccnc3nc(-c4n[nH]c5cnc(C6CCNCC6)cc45)[nH]c23)c1. The lowest BCUT2D eigenvalue weighted by molar-refractivity contribution is 0.453. The average molecular weight is 401 g/mol. The maximum atomic E-state index is 4.74. The van der Waals surface area contributed by atoms with E-state index in [0.717, 1.165) is 65.1 Å². The van der Waals surface area contributed by atoms with Gasteiger partial charge in [0.2, 0.25) is 0 Å². The number of fused-ring (bicyclic) bond motifs is 2. The van der Waals surface area contributed by atoms with Crippen LogP contribution in [0.2, 0.25) is 0 Å². The molecule has 6 heterocycles.